The first-order chi connectivity index (χ1) is 29.8. The Kier molecular flexibility index (Phi) is 12.7. The van der Waals surface area contributed by atoms with Gasteiger partial charge in [-0.15, -0.1) is 0 Å². The molecule has 3 N–H and O–H groups in total. The van der Waals surface area contributed by atoms with E-state index in [-0.39, 0.29) is 43.7 Å². The summed E-state index contributed by atoms with van der Waals surface area (Å²) in [6.07, 6.45) is 4.29. The van der Waals surface area contributed by atoms with Gasteiger partial charge in [0, 0.05) is 80.9 Å². The molecule has 3 fully saturated rings. The Balaban J connectivity index is 0.782. The van der Waals surface area contributed by atoms with Gasteiger partial charge in [0.05, 0.1) is 37.7 Å². The number of imide groups is 1. The third-order valence-corrected chi connectivity index (χ3v) is 13.8. The second-order valence-corrected chi connectivity index (χ2v) is 19.9. The Hall–Kier alpha value is -5.70. The van der Waals surface area contributed by atoms with E-state index in [4.69, 9.17) is 21.1 Å². The van der Waals surface area contributed by atoms with E-state index in [0.717, 1.165) is 50.3 Å². The van der Waals surface area contributed by atoms with Gasteiger partial charge in [-0.05, 0) is 80.6 Å². The van der Waals surface area contributed by atoms with E-state index in [9.17, 15) is 23.7 Å². The smallest absolute Gasteiger partial charge is 0.255 e. The van der Waals surface area contributed by atoms with E-state index >= 15 is 0 Å². The molecule has 1 aromatic heterocycles. The van der Waals surface area contributed by atoms with Gasteiger partial charge in [0.25, 0.3) is 5.91 Å². The number of aromatic nitrogens is 2. The van der Waals surface area contributed by atoms with E-state index in [1.54, 1.807) is 38.6 Å². The van der Waals surface area contributed by atoms with E-state index in [2.05, 4.69) is 41.8 Å². The molecular formula is C44H51ClN9O7P. The highest BCUT2D eigenvalue weighted by molar-refractivity contribution is 7.70. The fourth-order valence-electron chi connectivity index (χ4n) is 8.67. The summed E-state index contributed by atoms with van der Waals surface area (Å²) in [7, 11) is -0.927. The lowest BCUT2D eigenvalue weighted by Gasteiger charge is -2.43. The van der Waals surface area contributed by atoms with Crippen LogP contribution in [0.5, 0.6) is 11.5 Å². The molecule has 326 valence electrons. The maximum Gasteiger partial charge on any atom is 0.255 e. The Bertz CT molecular complexity index is 2420. The van der Waals surface area contributed by atoms with Gasteiger partial charge in [0.2, 0.25) is 23.7 Å². The second kappa shape index (κ2) is 18.3. The number of methoxy groups -OCH3 is 1. The van der Waals surface area contributed by atoms with Crippen LogP contribution in [0.4, 0.5) is 28.8 Å². The number of para-hydroxylation sites is 1. The third-order valence-electron chi connectivity index (χ3n) is 12.0. The molecule has 1 atom stereocenters. The number of amides is 4. The molecule has 4 aliphatic heterocycles. The first-order valence-electron chi connectivity index (χ1n) is 20.9. The van der Waals surface area contributed by atoms with E-state index in [0.29, 0.717) is 76.1 Å². The summed E-state index contributed by atoms with van der Waals surface area (Å²) in [5.41, 5.74) is 3.71. The molecular weight excluding hydrogens is 833 g/mol. The molecule has 18 heteroatoms. The summed E-state index contributed by atoms with van der Waals surface area (Å²) < 4.78 is 24.6. The number of piperazine rings is 1. The van der Waals surface area contributed by atoms with Crippen molar-refractivity contribution in [2.24, 2.45) is 0 Å². The molecule has 1 unspecified atom stereocenters. The van der Waals surface area contributed by atoms with Crippen LogP contribution >= 0.6 is 18.7 Å². The van der Waals surface area contributed by atoms with Crippen LogP contribution in [0.3, 0.4) is 0 Å². The molecule has 0 radical (unpaired) electrons. The number of piperidine rings is 2. The van der Waals surface area contributed by atoms with Crippen molar-refractivity contribution in [3.63, 3.8) is 0 Å². The van der Waals surface area contributed by atoms with Gasteiger partial charge in [-0.3, -0.25) is 29.4 Å². The average molecular weight is 884 g/mol. The van der Waals surface area contributed by atoms with Crippen LogP contribution in [0.15, 0.2) is 66.9 Å². The average Bonchev–Trinajstić information content (AvgIpc) is 3.59. The van der Waals surface area contributed by atoms with Crippen LogP contribution in [-0.2, 0) is 25.5 Å². The Morgan fingerprint density at radius 1 is 0.935 bits per heavy atom. The summed E-state index contributed by atoms with van der Waals surface area (Å²) in [6.45, 7) is 8.70. The van der Waals surface area contributed by atoms with Crippen molar-refractivity contribution in [2.75, 3.05) is 81.8 Å². The Morgan fingerprint density at radius 2 is 1.71 bits per heavy atom. The molecule has 4 aliphatic rings. The van der Waals surface area contributed by atoms with E-state index in [1.807, 2.05) is 41.3 Å². The van der Waals surface area contributed by atoms with Gasteiger partial charge in [0.1, 0.15) is 29.7 Å². The van der Waals surface area contributed by atoms with E-state index in [1.165, 1.54) is 11.1 Å². The highest BCUT2D eigenvalue weighted by Gasteiger charge is 2.39. The lowest BCUT2D eigenvalue weighted by Crippen LogP contribution is -2.54. The van der Waals surface area contributed by atoms with Crippen molar-refractivity contribution in [3.8, 4) is 11.5 Å². The van der Waals surface area contributed by atoms with Crippen molar-refractivity contribution in [3.05, 3.63) is 83.0 Å². The van der Waals surface area contributed by atoms with Gasteiger partial charge in [-0.25, -0.2) is 4.98 Å². The van der Waals surface area contributed by atoms with Crippen molar-refractivity contribution in [1.82, 2.24) is 30.0 Å². The van der Waals surface area contributed by atoms with Crippen LogP contribution in [0.25, 0.3) is 0 Å². The fourth-order valence-corrected chi connectivity index (χ4v) is 9.97. The maximum absolute atomic E-state index is 13.2. The van der Waals surface area contributed by atoms with Gasteiger partial charge in [-0.2, -0.15) is 4.98 Å². The summed E-state index contributed by atoms with van der Waals surface area (Å²) in [5, 5.41) is 9.86. The van der Waals surface area contributed by atoms with Crippen molar-refractivity contribution in [1.29, 1.82) is 0 Å². The Morgan fingerprint density at radius 3 is 2.45 bits per heavy atom. The molecule has 62 heavy (non-hydrogen) atoms. The molecule has 16 nitrogen and oxygen atoms in total. The molecule has 8 rings (SSSR count). The topological polar surface area (TPSA) is 179 Å². The largest absolute Gasteiger partial charge is 0.494 e. The van der Waals surface area contributed by atoms with Crippen LogP contribution < -0.4 is 35.6 Å². The quantitative estimate of drug-likeness (QED) is 0.118. The minimum Gasteiger partial charge on any atom is -0.494 e. The summed E-state index contributed by atoms with van der Waals surface area (Å²) in [5.74, 6) is 0.984. The van der Waals surface area contributed by atoms with Crippen molar-refractivity contribution in [2.45, 2.75) is 50.7 Å². The normalized spacial score (nSPS) is 18.7. The summed E-state index contributed by atoms with van der Waals surface area (Å²) in [4.78, 5) is 67.4. The van der Waals surface area contributed by atoms with Crippen molar-refractivity contribution < 1.29 is 33.2 Å². The zero-order valence-electron chi connectivity index (χ0n) is 35.1. The van der Waals surface area contributed by atoms with Crippen LogP contribution in [0.2, 0.25) is 5.02 Å². The van der Waals surface area contributed by atoms with Gasteiger partial charge < -0.3 is 39.4 Å². The number of carbonyl (C=O) groups is 4. The van der Waals surface area contributed by atoms with Crippen LogP contribution in [-0.4, -0.2) is 127 Å². The molecule has 0 saturated carbocycles. The zero-order chi connectivity index (χ0) is 43.5. The standard InChI is InChI=1S/C44H51ClN9O7P/c1-60-37-25-30(8-11-34(37)48-44-46-26-33(45)41(50-44)47-35-6-4-5-7-38(35)62(2,3)59)51-17-14-29(15-18-51)52-19-21-53(22-20-52)40(56)16-23-61-31-9-10-32-28(24-31)27-54(43(32)58)36-12-13-39(55)49-42(36)57/h4-11,24-26,29,36H,12-23,27H2,1-3H3,(H,49,55,57)(H2,46,47,48,50). The highest BCUT2D eigenvalue weighted by Crippen LogP contribution is 2.39. The predicted octanol–water partition coefficient (Wildman–Crippen LogP) is 5.22. The SMILES string of the molecule is COc1cc(N2CCC(N3CCN(C(=O)CCOc4ccc5c(c4)CN(C4CCC(=O)NC4=O)C5=O)CC3)CC2)ccc1Nc1ncc(Cl)c(Nc2ccccc2P(C)(C)=O)n1. The highest BCUT2D eigenvalue weighted by atomic mass is 35.5. The summed E-state index contributed by atoms with van der Waals surface area (Å²) >= 11 is 6.48. The number of rotatable bonds is 13. The minimum atomic E-state index is -2.56. The van der Waals surface area contributed by atoms with Gasteiger partial charge in [0.15, 0.2) is 5.82 Å². The lowest BCUT2D eigenvalue weighted by atomic mass is 10.0. The number of anilines is 5. The molecule has 0 bridgehead atoms. The first-order valence-corrected chi connectivity index (χ1v) is 23.9. The number of hydrogen-bond acceptors (Lipinski definition) is 13. The predicted molar refractivity (Wildman–Crippen MR) is 238 cm³/mol. The minimum absolute atomic E-state index is 0.0539. The van der Waals surface area contributed by atoms with Gasteiger partial charge in [-0.1, -0.05) is 23.7 Å². The maximum atomic E-state index is 13.2. The molecule has 0 aliphatic carbocycles. The number of carbonyl (C=O) groups excluding carboxylic acids is 4. The molecule has 5 heterocycles. The lowest BCUT2D eigenvalue weighted by molar-refractivity contribution is -0.137. The fraction of sp³-hybridized carbons (Fsp3) is 0.409. The number of halogens is 1. The number of nitrogens with one attached hydrogen (secondary N) is 3. The monoisotopic (exact) mass is 883 g/mol. The number of ether oxygens (including phenoxy) is 2. The molecule has 4 amide bonds. The zero-order valence-corrected chi connectivity index (χ0v) is 36.7. The third kappa shape index (κ3) is 9.52. The molecule has 3 aromatic carbocycles. The summed E-state index contributed by atoms with van der Waals surface area (Å²) in [6, 6.07) is 18.4. The van der Waals surface area contributed by atoms with Gasteiger partial charge >= 0.3 is 0 Å². The van der Waals surface area contributed by atoms with Crippen LogP contribution in [0, 0.1) is 0 Å². The molecule has 4 aromatic rings. The van der Waals surface area contributed by atoms with Crippen LogP contribution in [0.1, 0.15) is 48.0 Å². The first kappa shape index (κ1) is 43.0. The molecule has 3 saturated heterocycles. The van der Waals surface area contributed by atoms with Crippen molar-refractivity contribution >= 4 is 76.5 Å². The number of nitrogens with zero attached hydrogens (tertiary/aromatic N) is 6. The second-order valence-electron chi connectivity index (χ2n) is 16.3. The number of hydrogen-bond donors (Lipinski definition) is 3. The Labute approximate surface area is 365 Å². The van der Waals surface area contributed by atoms with E-state index < -0.39 is 19.1 Å². The number of benzene rings is 3. The number of fused-ring (bicyclic) bond motifs is 1. The molecule has 0 spiro atoms.